The number of carbonyl (C=O) groups is 2. The molecule has 2 aromatic rings. The third-order valence-corrected chi connectivity index (χ3v) is 7.21. The van der Waals surface area contributed by atoms with Crippen LogP contribution in [0.2, 0.25) is 0 Å². The predicted octanol–water partition coefficient (Wildman–Crippen LogP) is 2.04. The first-order valence-corrected chi connectivity index (χ1v) is 14.4. The van der Waals surface area contributed by atoms with Crippen molar-refractivity contribution in [1.82, 2.24) is 29.7 Å². The van der Waals surface area contributed by atoms with Crippen molar-refractivity contribution >= 4 is 42.3 Å². The predicted molar refractivity (Wildman–Crippen MR) is 145 cm³/mol. The minimum absolute atomic E-state index is 0.0810. The van der Waals surface area contributed by atoms with Crippen LogP contribution >= 0.6 is 7.44 Å². The van der Waals surface area contributed by atoms with Gasteiger partial charge < -0.3 is 29.8 Å². The van der Waals surface area contributed by atoms with Gasteiger partial charge in [-0.2, -0.15) is 9.97 Å². The molecule has 0 aliphatic carbocycles. The zero-order chi connectivity index (χ0) is 28.1. The fraction of sp³-hybridized carbons (Fsp3) is 0.609. The van der Waals surface area contributed by atoms with E-state index < -0.39 is 31.5 Å². The largest absolute Gasteiger partial charge is 0.465 e. The zero-order valence-electron chi connectivity index (χ0n) is 22.4. The van der Waals surface area contributed by atoms with Crippen LogP contribution in [0.3, 0.4) is 0 Å². The number of carbonyl (C=O) groups excluding carboxylic acids is 2. The molecule has 0 bridgehead atoms. The molecule has 0 aromatic carbocycles. The Morgan fingerprint density at radius 3 is 2.26 bits per heavy atom. The second-order valence-electron chi connectivity index (χ2n) is 8.52. The Labute approximate surface area is 222 Å². The molecule has 0 aliphatic heterocycles. The first kappa shape index (κ1) is 31.2. The molecular formula is C23H39N8O6P. The summed E-state index contributed by atoms with van der Waals surface area (Å²) in [5.74, 6) is -0.549. The van der Waals surface area contributed by atoms with E-state index in [1.807, 2.05) is 13.8 Å². The van der Waals surface area contributed by atoms with Crippen LogP contribution in [-0.4, -0.2) is 76.3 Å². The number of esters is 2. The zero-order valence-corrected chi connectivity index (χ0v) is 23.3. The summed E-state index contributed by atoms with van der Waals surface area (Å²) >= 11 is 0. The molecule has 2 unspecified atom stereocenters. The summed E-state index contributed by atoms with van der Waals surface area (Å²) in [5, 5.41) is 8.61. The van der Waals surface area contributed by atoms with Crippen LogP contribution in [0.15, 0.2) is 19.0 Å². The van der Waals surface area contributed by atoms with Crippen LogP contribution in [0.25, 0.3) is 11.2 Å². The molecule has 2 atom stereocenters. The number of imidazole rings is 1. The van der Waals surface area contributed by atoms with Gasteiger partial charge in [0.05, 0.1) is 26.1 Å². The molecule has 0 saturated heterocycles. The number of hydrogen-bond acceptors (Lipinski definition) is 11. The molecule has 2 rings (SSSR count). The summed E-state index contributed by atoms with van der Waals surface area (Å²) in [5.41, 5.74) is 6.89. The van der Waals surface area contributed by atoms with E-state index in [2.05, 4.69) is 37.0 Å². The maximum Gasteiger partial charge on any atom is 0.323 e. The lowest BCUT2D eigenvalue weighted by molar-refractivity contribution is -0.145. The third-order valence-electron chi connectivity index (χ3n) is 5.05. The molecule has 0 amide bonds. The van der Waals surface area contributed by atoms with E-state index in [1.54, 1.807) is 17.0 Å². The Bertz CT molecular complexity index is 1090. The van der Waals surface area contributed by atoms with Gasteiger partial charge in [0, 0.05) is 13.1 Å². The number of nitrogens with one attached hydrogen (secondary N) is 3. The van der Waals surface area contributed by atoms with Gasteiger partial charge >= 0.3 is 11.9 Å². The normalized spacial score (nSPS) is 14.4. The lowest BCUT2D eigenvalue weighted by atomic mass is 10.4. The molecule has 212 valence electrons. The Morgan fingerprint density at radius 1 is 1.11 bits per heavy atom. The van der Waals surface area contributed by atoms with Crippen LogP contribution in [0.1, 0.15) is 40.5 Å². The van der Waals surface area contributed by atoms with Gasteiger partial charge in [0.25, 0.3) is 0 Å². The number of aromatic nitrogens is 4. The van der Waals surface area contributed by atoms with Crippen LogP contribution in [0, 0.1) is 0 Å². The number of nitrogens with zero attached hydrogens (tertiary/aromatic N) is 4. The number of anilines is 2. The van der Waals surface area contributed by atoms with E-state index >= 15 is 0 Å². The Hall–Kier alpha value is -3.06. The molecule has 0 fully saturated rings. The topological polar surface area (TPSA) is 185 Å². The summed E-state index contributed by atoms with van der Waals surface area (Å²) in [6.45, 7) is 11.9. The van der Waals surface area contributed by atoms with E-state index in [1.165, 1.54) is 13.8 Å². The van der Waals surface area contributed by atoms with E-state index in [0.717, 1.165) is 0 Å². The van der Waals surface area contributed by atoms with Crippen molar-refractivity contribution in [3.8, 4) is 0 Å². The summed E-state index contributed by atoms with van der Waals surface area (Å²) in [4.78, 5) is 37.3. The highest BCUT2D eigenvalue weighted by Crippen LogP contribution is 2.37. The molecule has 38 heavy (non-hydrogen) atoms. The van der Waals surface area contributed by atoms with Crippen molar-refractivity contribution in [3.63, 3.8) is 0 Å². The van der Waals surface area contributed by atoms with Crippen LogP contribution in [0.5, 0.6) is 0 Å². The summed E-state index contributed by atoms with van der Waals surface area (Å²) < 4.78 is 31.4. The van der Waals surface area contributed by atoms with Crippen molar-refractivity contribution in [2.75, 3.05) is 43.8 Å². The fourth-order valence-electron chi connectivity index (χ4n) is 3.27. The molecule has 2 heterocycles. The highest BCUT2D eigenvalue weighted by molar-refractivity contribution is 7.59. The highest BCUT2D eigenvalue weighted by atomic mass is 31.2. The molecule has 5 N–H and O–H groups in total. The van der Waals surface area contributed by atoms with Gasteiger partial charge in [-0.3, -0.25) is 14.2 Å². The number of rotatable bonds is 18. The average molecular weight is 555 g/mol. The van der Waals surface area contributed by atoms with E-state index in [-0.39, 0.29) is 32.1 Å². The van der Waals surface area contributed by atoms with Crippen molar-refractivity contribution in [2.24, 2.45) is 0 Å². The van der Waals surface area contributed by atoms with E-state index in [9.17, 15) is 14.2 Å². The summed E-state index contributed by atoms with van der Waals surface area (Å²) in [7, 11) is -3.60. The van der Waals surface area contributed by atoms with Gasteiger partial charge in [-0.05, 0) is 26.7 Å². The van der Waals surface area contributed by atoms with Crippen molar-refractivity contribution in [1.29, 1.82) is 0 Å². The number of hydrogen-bond donors (Lipinski definition) is 4. The summed E-state index contributed by atoms with van der Waals surface area (Å²) in [6, 6.07) is -1.80. The standard InChI is InChI=1S/C23H39N8O6P/c1-6-9-25-19-18-20(28-23(24)27-19)31(14-26-18)10-13-35-15-38(34,29-16(4)21(32)36-11-7-2)30-17(5)22(33)37-12-8-3/h6,14,16-17H,1,7-13,15H2,2-5H3,(H2,29,30,34)(H3,24,25,27,28). The first-order chi connectivity index (χ1) is 18.1. The van der Waals surface area contributed by atoms with E-state index in [4.69, 9.17) is 19.9 Å². The van der Waals surface area contributed by atoms with Crippen LogP contribution in [-0.2, 0) is 34.9 Å². The second kappa shape index (κ2) is 15.4. The molecule has 2 aromatic heterocycles. The lowest BCUT2D eigenvalue weighted by Crippen LogP contribution is -2.43. The fourth-order valence-corrected chi connectivity index (χ4v) is 5.34. The smallest absolute Gasteiger partial charge is 0.323 e. The minimum Gasteiger partial charge on any atom is -0.465 e. The minimum atomic E-state index is -3.60. The third kappa shape index (κ3) is 9.35. The molecule has 0 radical (unpaired) electrons. The SMILES string of the molecule is C=CCNc1nc(N)nc2c1ncn2CCOCP(=O)(NC(C)C(=O)OCCC)NC(C)C(=O)OCCC. The quantitative estimate of drug-likeness (QED) is 0.0909. The van der Waals surface area contributed by atoms with Crippen LogP contribution in [0.4, 0.5) is 11.8 Å². The molecule has 15 heteroatoms. The molecule has 14 nitrogen and oxygen atoms in total. The molecule has 0 spiro atoms. The van der Waals surface area contributed by atoms with Gasteiger partial charge in [-0.25, -0.2) is 15.2 Å². The number of nitrogens with two attached hydrogens (primary N) is 1. The second-order valence-corrected chi connectivity index (χ2v) is 10.8. The maximum atomic E-state index is 13.7. The summed E-state index contributed by atoms with van der Waals surface area (Å²) in [6.07, 6.45) is 4.27. The van der Waals surface area contributed by atoms with Gasteiger partial charge in [0.2, 0.25) is 13.4 Å². The molecular weight excluding hydrogens is 515 g/mol. The maximum absolute atomic E-state index is 13.7. The molecule has 0 aliphatic rings. The van der Waals surface area contributed by atoms with Gasteiger partial charge in [0.1, 0.15) is 18.4 Å². The molecule has 0 saturated carbocycles. The van der Waals surface area contributed by atoms with Crippen LogP contribution < -0.4 is 21.2 Å². The average Bonchev–Trinajstić information content (AvgIpc) is 3.29. The Morgan fingerprint density at radius 2 is 1.71 bits per heavy atom. The number of nitrogen functional groups attached to an aromatic ring is 1. The van der Waals surface area contributed by atoms with Gasteiger partial charge in [0.15, 0.2) is 17.0 Å². The number of fused-ring (bicyclic) bond motifs is 1. The van der Waals surface area contributed by atoms with E-state index in [0.29, 0.717) is 42.9 Å². The Kier molecular flexibility index (Phi) is 12.6. The lowest BCUT2D eigenvalue weighted by Gasteiger charge is -2.26. The van der Waals surface area contributed by atoms with Crippen molar-refractivity contribution in [2.45, 2.75) is 59.2 Å². The Balaban J connectivity index is 2.08. The van der Waals surface area contributed by atoms with Crippen molar-refractivity contribution in [3.05, 3.63) is 19.0 Å². The monoisotopic (exact) mass is 554 g/mol. The van der Waals surface area contributed by atoms with Gasteiger partial charge in [-0.1, -0.05) is 19.9 Å². The number of ether oxygens (including phenoxy) is 3. The highest BCUT2D eigenvalue weighted by Gasteiger charge is 2.32. The first-order valence-electron chi connectivity index (χ1n) is 12.5. The van der Waals surface area contributed by atoms with Gasteiger partial charge in [-0.15, -0.1) is 6.58 Å². The van der Waals surface area contributed by atoms with Crippen molar-refractivity contribution < 1.29 is 28.4 Å².